The molecule has 0 radical (unpaired) electrons. The summed E-state index contributed by atoms with van der Waals surface area (Å²) < 4.78 is 0. The highest BCUT2D eigenvalue weighted by atomic mass is 16.6. The maximum Gasteiger partial charge on any atom is 0.292 e. The van der Waals surface area contributed by atoms with Crippen LogP contribution in [0.2, 0.25) is 0 Å². The van der Waals surface area contributed by atoms with Crippen LogP contribution in [0.25, 0.3) is 0 Å². The molecular formula is C21H26N4O3. The zero-order valence-electron chi connectivity index (χ0n) is 16.4. The predicted octanol–water partition coefficient (Wildman–Crippen LogP) is 3.36. The Balaban J connectivity index is 1.49. The molecule has 0 aromatic heterocycles. The van der Waals surface area contributed by atoms with Crippen molar-refractivity contribution in [2.75, 3.05) is 42.9 Å². The summed E-state index contributed by atoms with van der Waals surface area (Å²) in [6.07, 6.45) is 0.315. The van der Waals surface area contributed by atoms with E-state index in [2.05, 4.69) is 42.3 Å². The minimum absolute atomic E-state index is 0.0251. The Kier molecular flexibility index (Phi) is 6.13. The fourth-order valence-corrected chi connectivity index (χ4v) is 3.52. The lowest BCUT2D eigenvalue weighted by molar-refractivity contribution is -0.384. The summed E-state index contributed by atoms with van der Waals surface area (Å²) >= 11 is 0. The molecule has 1 saturated heterocycles. The molecule has 1 amide bonds. The number of rotatable bonds is 6. The molecule has 0 spiro atoms. The molecule has 1 N–H and O–H groups in total. The van der Waals surface area contributed by atoms with Gasteiger partial charge in [-0.25, -0.2) is 0 Å². The second-order valence-electron chi connectivity index (χ2n) is 7.04. The molecule has 7 heteroatoms. The maximum atomic E-state index is 12.5. The molecule has 1 aliphatic heterocycles. The maximum absolute atomic E-state index is 12.5. The van der Waals surface area contributed by atoms with Gasteiger partial charge in [-0.05, 0) is 37.1 Å². The minimum Gasteiger partial charge on any atom is -0.379 e. The van der Waals surface area contributed by atoms with Gasteiger partial charge in [0.2, 0.25) is 5.91 Å². The molecule has 28 heavy (non-hydrogen) atoms. The predicted molar refractivity (Wildman–Crippen MR) is 111 cm³/mol. The van der Waals surface area contributed by atoms with E-state index in [9.17, 15) is 14.9 Å². The van der Waals surface area contributed by atoms with Gasteiger partial charge in [0.1, 0.15) is 5.69 Å². The van der Waals surface area contributed by atoms with E-state index in [4.69, 9.17) is 0 Å². The van der Waals surface area contributed by atoms with Gasteiger partial charge in [-0.15, -0.1) is 0 Å². The van der Waals surface area contributed by atoms with E-state index >= 15 is 0 Å². The smallest absolute Gasteiger partial charge is 0.292 e. The van der Waals surface area contributed by atoms with E-state index in [0.29, 0.717) is 31.7 Å². The number of para-hydroxylation sites is 2. The highest BCUT2D eigenvalue weighted by Gasteiger charge is 2.22. The Hall–Kier alpha value is -3.09. The van der Waals surface area contributed by atoms with E-state index in [-0.39, 0.29) is 11.6 Å². The SMILES string of the molecule is Cc1cccc(N2CCN(C(=O)CCNc3ccccc3[N+](=O)[O-])CC2)c1C. The molecular weight excluding hydrogens is 356 g/mol. The molecule has 1 heterocycles. The topological polar surface area (TPSA) is 78.7 Å². The Bertz CT molecular complexity index is 860. The third-order valence-electron chi connectivity index (χ3n) is 5.30. The van der Waals surface area contributed by atoms with Crippen LogP contribution >= 0.6 is 0 Å². The number of nitro groups is 1. The zero-order valence-corrected chi connectivity index (χ0v) is 16.4. The number of aryl methyl sites for hydroxylation is 1. The van der Waals surface area contributed by atoms with E-state index < -0.39 is 4.92 Å². The van der Waals surface area contributed by atoms with Crippen LogP contribution < -0.4 is 10.2 Å². The van der Waals surface area contributed by atoms with Crippen molar-refractivity contribution < 1.29 is 9.72 Å². The number of nitro benzene ring substituents is 1. The second kappa shape index (κ2) is 8.73. The van der Waals surface area contributed by atoms with Gasteiger partial charge in [-0.2, -0.15) is 0 Å². The van der Waals surface area contributed by atoms with E-state index in [1.54, 1.807) is 18.2 Å². The fraction of sp³-hybridized carbons (Fsp3) is 0.381. The highest BCUT2D eigenvalue weighted by Crippen LogP contribution is 2.25. The van der Waals surface area contributed by atoms with Crippen molar-refractivity contribution >= 4 is 23.0 Å². The molecule has 0 unspecified atom stereocenters. The Morgan fingerprint density at radius 3 is 2.50 bits per heavy atom. The summed E-state index contributed by atoms with van der Waals surface area (Å²) in [7, 11) is 0. The Morgan fingerprint density at radius 2 is 1.79 bits per heavy atom. The number of nitrogens with zero attached hydrogens (tertiary/aromatic N) is 3. The van der Waals surface area contributed by atoms with E-state index in [1.807, 2.05) is 4.90 Å². The lowest BCUT2D eigenvalue weighted by Gasteiger charge is -2.37. The largest absolute Gasteiger partial charge is 0.379 e. The van der Waals surface area contributed by atoms with Crippen LogP contribution in [0.4, 0.5) is 17.1 Å². The van der Waals surface area contributed by atoms with Gasteiger partial charge in [-0.1, -0.05) is 24.3 Å². The number of carbonyl (C=O) groups excluding carboxylic acids is 1. The average Bonchev–Trinajstić information content (AvgIpc) is 2.70. The fourth-order valence-electron chi connectivity index (χ4n) is 3.52. The van der Waals surface area contributed by atoms with Crippen molar-refractivity contribution in [1.82, 2.24) is 4.90 Å². The van der Waals surface area contributed by atoms with Gasteiger partial charge in [-0.3, -0.25) is 14.9 Å². The molecule has 3 rings (SSSR count). The number of benzene rings is 2. The van der Waals surface area contributed by atoms with Crippen molar-refractivity contribution in [1.29, 1.82) is 0 Å². The number of nitrogens with one attached hydrogen (secondary N) is 1. The molecule has 2 aromatic rings. The molecule has 0 bridgehead atoms. The van der Waals surface area contributed by atoms with Gasteiger partial charge in [0.25, 0.3) is 5.69 Å². The molecule has 0 atom stereocenters. The molecule has 1 aliphatic rings. The third kappa shape index (κ3) is 4.42. The second-order valence-corrected chi connectivity index (χ2v) is 7.04. The van der Waals surface area contributed by atoms with Gasteiger partial charge in [0.05, 0.1) is 4.92 Å². The summed E-state index contributed by atoms with van der Waals surface area (Å²) in [5.74, 6) is 0.0756. The van der Waals surface area contributed by atoms with Crippen LogP contribution in [-0.2, 0) is 4.79 Å². The molecule has 0 saturated carbocycles. The van der Waals surface area contributed by atoms with Crippen molar-refractivity contribution in [2.24, 2.45) is 0 Å². The lowest BCUT2D eigenvalue weighted by atomic mass is 10.1. The third-order valence-corrected chi connectivity index (χ3v) is 5.30. The molecule has 0 aliphatic carbocycles. The summed E-state index contributed by atoms with van der Waals surface area (Å²) in [6.45, 7) is 7.64. The quantitative estimate of drug-likeness (QED) is 0.612. The van der Waals surface area contributed by atoms with Crippen LogP contribution in [0.1, 0.15) is 17.5 Å². The number of piperazine rings is 1. The van der Waals surface area contributed by atoms with E-state index in [0.717, 1.165) is 13.1 Å². The van der Waals surface area contributed by atoms with Crippen molar-refractivity contribution in [3.63, 3.8) is 0 Å². The molecule has 1 fully saturated rings. The Labute approximate surface area is 165 Å². The number of amides is 1. The number of hydrogen-bond donors (Lipinski definition) is 1. The first kappa shape index (κ1) is 19.7. The normalized spacial score (nSPS) is 14.1. The van der Waals surface area contributed by atoms with Crippen molar-refractivity contribution in [3.05, 3.63) is 63.7 Å². The Morgan fingerprint density at radius 1 is 1.07 bits per heavy atom. The first-order chi connectivity index (χ1) is 13.5. The number of anilines is 2. The minimum atomic E-state index is -0.420. The zero-order chi connectivity index (χ0) is 20.1. The van der Waals surface area contributed by atoms with Gasteiger partial charge >= 0.3 is 0 Å². The summed E-state index contributed by atoms with van der Waals surface area (Å²) in [5, 5.41) is 14.1. The van der Waals surface area contributed by atoms with Crippen LogP contribution in [-0.4, -0.2) is 48.5 Å². The van der Waals surface area contributed by atoms with Gasteiger partial charge < -0.3 is 15.1 Å². The molecule has 7 nitrogen and oxygen atoms in total. The van der Waals surface area contributed by atoms with Crippen molar-refractivity contribution in [2.45, 2.75) is 20.3 Å². The summed E-state index contributed by atoms with van der Waals surface area (Å²) in [5.41, 5.74) is 4.27. The molecule has 148 valence electrons. The first-order valence-electron chi connectivity index (χ1n) is 9.53. The summed E-state index contributed by atoms with van der Waals surface area (Å²) in [4.78, 5) is 27.3. The molecule has 2 aromatic carbocycles. The van der Waals surface area contributed by atoms with Crippen LogP contribution in [0.15, 0.2) is 42.5 Å². The van der Waals surface area contributed by atoms with Crippen molar-refractivity contribution in [3.8, 4) is 0 Å². The van der Waals surface area contributed by atoms with Crippen LogP contribution in [0.3, 0.4) is 0 Å². The number of carbonyl (C=O) groups is 1. The lowest BCUT2D eigenvalue weighted by Crippen LogP contribution is -2.49. The average molecular weight is 382 g/mol. The van der Waals surface area contributed by atoms with Gasteiger partial charge in [0, 0.05) is 50.9 Å². The number of hydrogen-bond acceptors (Lipinski definition) is 5. The van der Waals surface area contributed by atoms with Crippen LogP contribution in [0.5, 0.6) is 0 Å². The monoisotopic (exact) mass is 382 g/mol. The van der Waals surface area contributed by atoms with Gasteiger partial charge in [0.15, 0.2) is 0 Å². The first-order valence-corrected chi connectivity index (χ1v) is 9.53. The highest BCUT2D eigenvalue weighted by molar-refractivity contribution is 5.77. The summed E-state index contributed by atoms with van der Waals surface area (Å²) in [6, 6.07) is 12.8. The van der Waals surface area contributed by atoms with E-state index in [1.165, 1.54) is 22.9 Å². The standard InChI is InChI=1S/C21H26N4O3/c1-16-6-5-9-19(17(16)2)23-12-14-24(15-13-23)21(26)10-11-22-18-7-3-4-8-20(18)25(27)28/h3-9,22H,10-15H2,1-2H3. The van der Waals surface area contributed by atoms with Crippen LogP contribution in [0, 0.1) is 24.0 Å².